The third-order valence-corrected chi connectivity index (χ3v) is 8.36. The Labute approximate surface area is 203 Å². The zero-order valence-electron chi connectivity index (χ0n) is 21.9. The normalized spacial score (nSPS) is 23.7. The number of piperidine rings is 1. The Morgan fingerprint density at radius 2 is 1.67 bits per heavy atom. The zero-order valence-corrected chi connectivity index (χ0v) is 21.9. The smallest absolute Gasteiger partial charge is 0.0605 e. The van der Waals surface area contributed by atoms with Gasteiger partial charge in [0.05, 0.1) is 6.10 Å². The molecule has 0 bridgehead atoms. The molecule has 4 rings (SSSR count). The summed E-state index contributed by atoms with van der Waals surface area (Å²) >= 11 is 0. The molecule has 2 heterocycles. The molecule has 2 aliphatic heterocycles. The summed E-state index contributed by atoms with van der Waals surface area (Å²) in [6.07, 6.45) is 10.2. The number of allylic oxidation sites excluding steroid dienone is 2. The molecule has 2 fully saturated rings. The summed E-state index contributed by atoms with van der Waals surface area (Å²) in [6.45, 7) is 17.6. The van der Waals surface area contributed by atoms with Gasteiger partial charge < -0.3 is 14.5 Å². The maximum atomic E-state index is 5.61. The average molecular weight is 454 g/mol. The second-order valence-electron chi connectivity index (χ2n) is 11.5. The molecule has 0 aromatic heterocycles. The molecule has 1 aromatic carbocycles. The maximum Gasteiger partial charge on any atom is 0.0605 e. The van der Waals surface area contributed by atoms with Gasteiger partial charge in [0.25, 0.3) is 0 Å². The lowest BCUT2D eigenvalue weighted by atomic mass is 9.72. The predicted molar refractivity (Wildman–Crippen MR) is 142 cm³/mol. The zero-order chi connectivity index (χ0) is 23.4. The highest BCUT2D eigenvalue weighted by Crippen LogP contribution is 2.42. The van der Waals surface area contributed by atoms with Gasteiger partial charge in [0.15, 0.2) is 0 Å². The number of hydrogen-bond donors (Lipinski definition) is 0. The third kappa shape index (κ3) is 5.95. The largest absolute Gasteiger partial charge is 0.381 e. The van der Waals surface area contributed by atoms with Crippen LogP contribution in [0.1, 0.15) is 71.8 Å². The van der Waals surface area contributed by atoms with E-state index in [9.17, 15) is 0 Å². The molecule has 1 aromatic rings. The number of hydrogen-bond acceptors (Lipinski definition) is 4. The van der Waals surface area contributed by atoms with E-state index < -0.39 is 0 Å². The lowest BCUT2D eigenvalue weighted by Gasteiger charge is -2.39. The summed E-state index contributed by atoms with van der Waals surface area (Å²) in [6, 6.07) is 7.33. The van der Waals surface area contributed by atoms with Crippen molar-refractivity contribution in [2.75, 3.05) is 62.7 Å². The summed E-state index contributed by atoms with van der Waals surface area (Å²) in [4.78, 5) is 7.85. The Hall–Kier alpha value is -1.52. The minimum absolute atomic E-state index is 0.397. The van der Waals surface area contributed by atoms with Crippen LogP contribution in [0.25, 0.3) is 5.57 Å². The van der Waals surface area contributed by atoms with Crippen LogP contribution in [0.15, 0.2) is 24.3 Å². The SMILES string of the molecule is CCCN1CCN(c2ccc(N3CCC(OC)CC3)cc2C2=CCC(C(C)(C)C)CC2)CC1. The number of ether oxygens (including phenoxy) is 1. The van der Waals surface area contributed by atoms with E-state index >= 15 is 0 Å². The lowest BCUT2D eigenvalue weighted by molar-refractivity contribution is 0.0819. The van der Waals surface area contributed by atoms with E-state index in [4.69, 9.17) is 4.74 Å². The molecule has 1 atom stereocenters. The van der Waals surface area contributed by atoms with Crippen molar-refractivity contribution in [1.29, 1.82) is 0 Å². The minimum Gasteiger partial charge on any atom is -0.381 e. The fourth-order valence-corrected chi connectivity index (χ4v) is 6.00. The van der Waals surface area contributed by atoms with Gasteiger partial charge in [-0.05, 0) is 80.2 Å². The van der Waals surface area contributed by atoms with Crippen LogP contribution in [0, 0.1) is 11.3 Å². The standard InChI is InChI=1S/C29H47N3O/c1-6-15-30-18-20-32(21-19-30)28-12-11-25(31-16-13-26(33-5)14-17-31)22-27(28)23-7-9-24(10-8-23)29(2,3)4/h7,11-12,22,24,26H,6,8-10,13-21H2,1-5H3. The van der Waals surface area contributed by atoms with Crippen LogP contribution in [-0.4, -0.2) is 63.9 Å². The fourth-order valence-electron chi connectivity index (χ4n) is 6.00. The third-order valence-electron chi connectivity index (χ3n) is 8.36. The van der Waals surface area contributed by atoms with Crippen molar-refractivity contribution in [2.45, 2.75) is 72.3 Å². The monoisotopic (exact) mass is 453 g/mol. The van der Waals surface area contributed by atoms with Crippen LogP contribution in [-0.2, 0) is 4.74 Å². The molecule has 0 radical (unpaired) electrons. The molecule has 0 N–H and O–H groups in total. The number of piperazine rings is 1. The quantitative estimate of drug-likeness (QED) is 0.521. The van der Waals surface area contributed by atoms with E-state index in [0.717, 1.165) is 44.9 Å². The van der Waals surface area contributed by atoms with E-state index in [1.165, 1.54) is 62.3 Å². The van der Waals surface area contributed by atoms with Crippen molar-refractivity contribution in [2.24, 2.45) is 11.3 Å². The highest BCUT2D eigenvalue weighted by Gasteiger charge is 2.29. The number of methoxy groups -OCH3 is 1. The Bertz CT molecular complexity index is 796. The van der Waals surface area contributed by atoms with E-state index in [1.54, 1.807) is 5.57 Å². The molecule has 1 unspecified atom stereocenters. The molecule has 33 heavy (non-hydrogen) atoms. The van der Waals surface area contributed by atoms with Gasteiger partial charge in [-0.3, -0.25) is 4.90 Å². The Kier molecular flexibility index (Phi) is 8.07. The maximum absolute atomic E-state index is 5.61. The first-order valence-corrected chi connectivity index (χ1v) is 13.5. The Balaban J connectivity index is 1.58. The van der Waals surface area contributed by atoms with Crippen LogP contribution in [0.2, 0.25) is 0 Å². The first kappa shape index (κ1) is 24.6. The summed E-state index contributed by atoms with van der Waals surface area (Å²) < 4.78 is 5.61. The molecule has 3 aliphatic rings. The van der Waals surface area contributed by atoms with Crippen molar-refractivity contribution in [3.8, 4) is 0 Å². The van der Waals surface area contributed by atoms with E-state index in [-0.39, 0.29) is 0 Å². The molecular formula is C29H47N3O. The molecule has 184 valence electrons. The van der Waals surface area contributed by atoms with Crippen molar-refractivity contribution in [1.82, 2.24) is 4.90 Å². The van der Waals surface area contributed by atoms with Crippen molar-refractivity contribution in [3.63, 3.8) is 0 Å². The minimum atomic E-state index is 0.397. The van der Waals surface area contributed by atoms with Crippen LogP contribution < -0.4 is 9.80 Å². The van der Waals surface area contributed by atoms with Gasteiger partial charge in [-0.2, -0.15) is 0 Å². The second-order valence-corrected chi connectivity index (χ2v) is 11.5. The molecule has 4 nitrogen and oxygen atoms in total. The fraction of sp³-hybridized carbons (Fsp3) is 0.724. The van der Waals surface area contributed by atoms with Gasteiger partial charge >= 0.3 is 0 Å². The van der Waals surface area contributed by atoms with Crippen molar-refractivity contribution >= 4 is 16.9 Å². The summed E-state index contributed by atoms with van der Waals surface area (Å²) in [5.74, 6) is 0.790. The molecule has 1 aliphatic carbocycles. The van der Waals surface area contributed by atoms with Crippen LogP contribution in [0.4, 0.5) is 11.4 Å². The Morgan fingerprint density at radius 3 is 2.24 bits per heavy atom. The van der Waals surface area contributed by atoms with Gasteiger partial charge in [0, 0.05) is 63.3 Å². The van der Waals surface area contributed by atoms with Crippen LogP contribution >= 0.6 is 0 Å². The Morgan fingerprint density at radius 1 is 0.939 bits per heavy atom. The number of rotatable bonds is 6. The van der Waals surface area contributed by atoms with Gasteiger partial charge in [-0.25, -0.2) is 0 Å². The van der Waals surface area contributed by atoms with Gasteiger partial charge in [-0.15, -0.1) is 0 Å². The summed E-state index contributed by atoms with van der Waals surface area (Å²) in [7, 11) is 1.86. The number of anilines is 2. The first-order valence-electron chi connectivity index (χ1n) is 13.5. The molecule has 0 saturated carbocycles. The van der Waals surface area contributed by atoms with Gasteiger partial charge in [0.2, 0.25) is 0 Å². The average Bonchev–Trinajstić information content (AvgIpc) is 2.84. The summed E-state index contributed by atoms with van der Waals surface area (Å²) in [5.41, 5.74) is 6.33. The van der Waals surface area contributed by atoms with E-state index in [0.29, 0.717) is 11.5 Å². The van der Waals surface area contributed by atoms with Crippen LogP contribution in [0.3, 0.4) is 0 Å². The predicted octanol–water partition coefficient (Wildman–Crippen LogP) is 6.06. The molecular weight excluding hydrogens is 406 g/mol. The molecule has 4 heteroatoms. The van der Waals surface area contributed by atoms with E-state index in [1.807, 2.05) is 7.11 Å². The van der Waals surface area contributed by atoms with Crippen molar-refractivity contribution < 1.29 is 4.74 Å². The number of benzene rings is 1. The van der Waals surface area contributed by atoms with E-state index in [2.05, 4.69) is 66.7 Å². The lowest BCUT2D eigenvalue weighted by Crippen LogP contribution is -2.46. The second kappa shape index (κ2) is 10.8. The summed E-state index contributed by atoms with van der Waals surface area (Å²) in [5, 5.41) is 0. The van der Waals surface area contributed by atoms with Crippen LogP contribution in [0.5, 0.6) is 0 Å². The molecule has 2 saturated heterocycles. The highest BCUT2D eigenvalue weighted by atomic mass is 16.5. The van der Waals surface area contributed by atoms with Gasteiger partial charge in [0.1, 0.15) is 0 Å². The number of nitrogens with zero attached hydrogens (tertiary/aromatic N) is 3. The first-order chi connectivity index (χ1) is 15.9. The molecule has 0 amide bonds. The topological polar surface area (TPSA) is 19.0 Å². The highest BCUT2D eigenvalue weighted by molar-refractivity contribution is 5.80. The van der Waals surface area contributed by atoms with Crippen molar-refractivity contribution in [3.05, 3.63) is 29.8 Å². The van der Waals surface area contributed by atoms with Gasteiger partial charge in [-0.1, -0.05) is 33.8 Å². The molecule has 0 spiro atoms.